The number of H-pyrrole nitrogens is 2. The van der Waals surface area contributed by atoms with E-state index in [1.165, 1.54) is 0 Å². The number of rotatable bonds is 5. The van der Waals surface area contributed by atoms with Gasteiger partial charge in [-0.1, -0.05) is 12.1 Å². The highest BCUT2D eigenvalue weighted by Gasteiger charge is 2.04. The number of hydrogen-bond donors (Lipinski definition) is 3. The molecule has 0 aliphatic carbocycles. The Morgan fingerprint density at radius 2 is 2.09 bits per heavy atom. The first-order chi connectivity index (χ1) is 10.6. The minimum Gasteiger partial charge on any atom is -0.306 e. The van der Waals surface area contributed by atoms with E-state index in [9.17, 15) is 4.79 Å². The average molecular weight is 298 g/mol. The Balaban J connectivity index is 1.69. The quantitative estimate of drug-likeness (QED) is 0.660. The summed E-state index contributed by atoms with van der Waals surface area (Å²) < 4.78 is 1.93. The Morgan fingerprint density at radius 3 is 2.77 bits per heavy atom. The second kappa shape index (κ2) is 5.98. The average Bonchev–Trinajstić information content (AvgIpc) is 3.05. The lowest BCUT2D eigenvalue weighted by Gasteiger charge is -2.08. The molecule has 1 aromatic carbocycles. The van der Waals surface area contributed by atoms with Crippen LogP contribution in [0.2, 0.25) is 0 Å². The van der Waals surface area contributed by atoms with Crippen molar-refractivity contribution in [1.82, 2.24) is 30.3 Å². The highest BCUT2D eigenvalue weighted by molar-refractivity contribution is 5.37. The van der Waals surface area contributed by atoms with Crippen molar-refractivity contribution in [3.63, 3.8) is 0 Å². The van der Waals surface area contributed by atoms with E-state index in [1.54, 1.807) is 0 Å². The molecule has 0 amide bonds. The van der Waals surface area contributed by atoms with Gasteiger partial charge in [0.05, 0.1) is 17.9 Å². The van der Waals surface area contributed by atoms with E-state index in [-0.39, 0.29) is 5.69 Å². The molecule has 2 aromatic heterocycles. The number of aromatic amines is 2. The molecule has 114 valence electrons. The van der Waals surface area contributed by atoms with Crippen molar-refractivity contribution >= 4 is 0 Å². The van der Waals surface area contributed by atoms with E-state index in [0.29, 0.717) is 18.9 Å². The first kappa shape index (κ1) is 14.3. The molecule has 0 spiro atoms. The van der Waals surface area contributed by atoms with Crippen molar-refractivity contribution in [2.24, 2.45) is 0 Å². The van der Waals surface area contributed by atoms with Crippen LogP contribution in [0.3, 0.4) is 0 Å². The molecule has 7 nitrogen and oxygen atoms in total. The van der Waals surface area contributed by atoms with E-state index in [0.717, 1.165) is 22.6 Å². The third-order valence-corrected chi connectivity index (χ3v) is 3.34. The van der Waals surface area contributed by atoms with Crippen LogP contribution in [0, 0.1) is 13.8 Å². The molecular weight excluding hydrogens is 280 g/mol. The van der Waals surface area contributed by atoms with Gasteiger partial charge in [0.25, 0.3) is 0 Å². The van der Waals surface area contributed by atoms with Crippen molar-refractivity contribution in [2.75, 3.05) is 0 Å². The minimum atomic E-state index is -0.289. The molecule has 0 radical (unpaired) electrons. The van der Waals surface area contributed by atoms with Gasteiger partial charge >= 0.3 is 5.69 Å². The highest BCUT2D eigenvalue weighted by Crippen LogP contribution is 2.13. The van der Waals surface area contributed by atoms with Crippen LogP contribution < -0.4 is 11.0 Å². The number of hydrogen-bond acceptors (Lipinski definition) is 4. The summed E-state index contributed by atoms with van der Waals surface area (Å²) in [6.07, 6.45) is 0. The van der Waals surface area contributed by atoms with Crippen molar-refractivity contribution < 1.29 is 0 Å². The van der Waals surface area contributed by atoms with E-state index in [1.807, 2.05) is 30.7 Å². The fourth-order valence-corrected chi connectivity index (χ4v) is 2.40. The van der Waals surface area contributed by atoms with Gasteiger partial charge in [-0.05, 0) is 37.6 Å². The standard InChI is InChI=1S/C15H18N6O/c1-10-6-11(2)21(20-10)13-5-3-4-12(7-13)8-16-9-14-17-15(22)19-18-14/h3-7,16H,8-9H2,1-2H3,(H2,17,18,19,22). The number of benzene rings is 1. The SMILES string of the molecule is Cc1cc(C)n(-c2cccc(CNCc3n[nH]c(=O)[nH]3)c2)n1. The molecule has 7 heteroatoms. The summed E-state index contributed by atoms with van der Waals surface area (Å²) in [6.45, 7) is 5.21. The minimum absolute atomic E-state index is 0.289. The molecule has 0 saturated carbocycles. The fourth-order valence-electron chi connectivity index (χ4n) is 2.40. The maximum Gasteiger partial charge on any atom is 0.340 e. The van der Waals surface area contributed by atoms with Crippen LogP contribution in [0.5, 0.6) is 0 Å². The van der Waals surface area contributed by atoms with E-state index in [4.69, 9.17) is 0 Å². The zero-order valence-electron chi connectivity index (χ0n) is 12.6. The van der Waals surface area contributed by atoms with E-state index >= 15 is 0 Å². The normalized spacial score (nSPS) is 11.0. The van der Waals surface area contributed by atoms with E-state index < -0.39 is 0 Å². The highest BCUT2D eigenvalue weighted by atomic mass is 16.1. The third-order valence-electron chi connectivity index (χ3n) is 3.34. The Morgan fingerprint density at radius 1 is 1.23 bits per heavy atom. The number of nitrogens with one attached hydrogen (secondary N) is 3. The Hall–Kier alpha value is -2.67. The van der Waals surface area contributed by atoms with Crippen molar-refractivity contribution in [3.05, 3.63) is 63.6 Å². The van der Waals surface area contributed by atoms with Gasteiger partial charge in [-0.3, -0.25) is 4.98 Å². The summed E-state index contributed by atoms with van der Waals surface area (Å²) in [5, 5.41) is 13.9. The van der Waals surface area contributed by atoms with Crippen molar-refractivity contribution in [1.29, 1.82) is 0 Å². The monoisotopic (exact) mass is 298 g/mol. The Kier molecular flexibility index (Phi) is 3.88. The van der Waals surface area contributed by atoms with E-state index in [2.05, 4.69) is 43.8 Å². The zero-order chi connectivity index (χ0) is 15.5. The predicted molar refractivity (Wildman–Crippen MR) is 82.8 cm³/mol. The molecular formula is C15H18N6O. The van der Waals surface area contributed by atoms with Gasteiger partial charge in [-0.2, -0.15) is 10.2 Å². The van der Waals surface area contributed by atoms with Crippen molar-refractivity contribution in [3.8, 4) is 5.69 Å². The lowest BCUT2D eigenvalue weighted by Crippen LogP contribution is -2.14. The molecule has 3 N–H and O–H groups in total. The molecule has 0 aliphatic rings. The van der Waals surface area contributed by atoms with Gasteiger partial charge in [0, 0.05) is 12.2 Å². The van der Waals surface area contributed by atoms with Crippen LogP contribution in [-0.2, 0) is 13.1 Å². The lowest BCUT2D eigenvalue weighted by atomic mass is 10.2. The molecule has 0 aliphatic heterocycles. The summed E-state index contributed by atoms with van der Waals surface area (Å²) >= 11 is 0. The van der Waals surface area contributed by atoms with Crippen LogP contribution in [0.15, 0.2) is 35.1 Å². The smallest absolute Gasteiger partial charge is 0.306 e. The number of nitrogens with zero attached hydrogens (tertiary/aromatic N) is 3. The summed E-state index contributed by atoms with van der Waals surface area (Å²) in [7, 11) is 0. The molecule has 3 aromatic rings. The maximum atomic E-state index is 10.9. The summed E-state index contributed by atoms with van der Waals surface area (Å²) in [6, 6.07) is 10.3. The van der Waals surface area contributed by atoms with Gasteiger partial charge in [0.15, 0.2) is 0 Å². The predicted octanol–water partition coefficient (Wildman–Crippen LogP) is 1.19. The third kappa shape index (κ3) is 3.15. The van der Waals surface area contributed by atoms with Gasteiger partial charge in [0.1, 0.15) is 5.82 Å². The topological polar surface area (TPSA) is 91.4 Å². The maximum absolute atomic E-state index is 10.9. The molecule has 0 bridgehead atoms. The first-order valence-electron chi connectivity index (χ1n) is 7.09. The van der Waals surface area contributed by atoms with Crippen LogP contribution in [0.25, 0.3) is 5.69 Å². The molecule has 22 heavy (non-hydrogen) atoms. The van der Waals surface area contributed by atoms with Crippen molar-refractivity contribution in [2.45, 2.75) is 26.9 Å². The summed E-state index contributed by atoms with van der Waals surface area (Å²) in [4.78, 5) is 13.6. The molecule has 0 atom stereocenters. The lowest BCUT2D eigenvalue weighted by molar-refractivity contribution is 0.664. The van der Waals surface area contributed by atoms with Crippen LogP contribution in [-0.4, -0.2) is 25.0 Å². The molecule has 2 heterocycles. The van der Waals surface area contributed by atoms with Crippen LogP contribution in [0.1, 0.15) is 22.8 Å². The molecule has 0 fully saturated rings. The number of aryl methyl sites for hydroxylation is 2. The van der Waals surface area contributed by atoms with Crippen LogP contribution >= 0.6 is 0 Å². The second-order valence-electron chi connectivity index (χ2n) is 5.24. The van der Waals surface area contributed by atoms with Crippen LogP contribution in [0.4, 0.5) is 0 Å². The number of aromatic nitrogens is 5. The Labute approximate surface area is 127 Å². The fraction of sp³-hybridized carbons (Fsp3) is 0.267. The summed E-state index contributed by atoms with van der Waals surface area (Å²) in [5.74, 6) is 0.597. The van der Waals surface area contributed by atoms with Gasteiger partial charge in [0.2, 0.25) is 0 Å². The Bertz CT molecular complexity index is 828. The second-order valence-corrected chi connectivity index (χ2v) is 5.24. The van der Waals surface area contributed by atoms with Gasteiger partial charge in [-0.15, -0.1) is 0 Å². The van der Waals surface area contributed by atoms with Gasteiger partial charge in [-0.25, -0.2) is 14.6 Å². The molecule has 0 unspecified atom stereocenters. The summed E-state index contributed by atoms with van der Waals surface area (Å²) in [5.41, 5.74) is 4.00. The molecule has 3 rings (SSSR count). The molecule has 0 saturated heterocycles. The zero-order valence-corrected chi connectivity index (χ0v) is 12.6. The largest absolute Gasteiger partial charge is 0.340 e. The van der Waals surface area contributed by atoms with Gasteiger partial charge < -0.3 is 5.32 Å². The first-order valence-corrected chi connectivity index (χ1v) is 7.09.